The summed E-state index contributed by atoms with van der Waals surface area (Å²) in [6, 6.07) is 6.48. The van der Waals surface area contributed by atoms with Crippen LogP contribution < -0.4 is 5.32 Å². The van der Waals surface area contributed by atoms with Gasteiger partial charge in [-0.2, -0.15) is 0 Å². The van der Waals surface area contributed by atoms with E-state index in [0.717, 1.165) is 0 Å². The third-order valence-electron chi connectivity index (χ3n) is 1.85. The first-order valence-electron chi connectivity index (χ1n) is 5.25. The van der Waals surface area contributed by atoms with Gasteiger partial charge in [-0.15, -0.1) is 0 Å². The molecule has 0 aliphatic heterocycles. The van der Waals surface area contributed by atoms with E-state index < -0.39 is 17.7 Å². The Balaban J connectivity index is 2.85. The second-order valence-electron chi connectivity index (χ2n) is 4.54. The minimum absolute atomic E-state index is 0.236. The van der Waals surface area contributed by atoms with Crippen LogP contribution in [-0.4, -0.2) is 17.7 Å². The number of anilines is 1. The first kappa shape index (κ1) is 14.5. The topological polar surface area (TPSA) is 64.6 Å². The van der Waals surface area contributed by atoms with Crippen molar-refractivity contribution in [1.82, 2.24) is 0 Å². The molecule has 0 unspecified atom stereocenters. The fraction of sp³-hybridized carbons (Fsp3) is 0.333. The Bertz CT molecular complexity index is 454. The molecular weight excluding hydrogens is 302 g/mol. The molecule has 0 heterocycles. The van der Waals surface area contributed by atoms with Gasteiger partial charge in [0.1, 0.15) is 5.60 Å². The van der Waals surface area contributed by atoms with Crippen molar-refractivity contribution in [2.45, 2.75) is 26.4 Å². The zero-order valence-corrected chi connectivity index (χ0v) is 11.9. The number of hydrogen-bond donors (Lipinski definition) is 1. The maximum atomic E-state index is 11.6. The number of rotatable bonds is 2. The van der Waals surface area contributed by atoms with E-state index in [4.69, 9.17) is 4.74 Å². The van der Waals surface area contributed by atoms with Crippen molar-refractivity contribution >= 4 is 34.0 Å². The van der Waals surface area contributed by atoms with Gasteiger partial charge < -0.3 is 8.57 Å². The van der Waals surface area contributed by atoms with Gasteiger partial charge in [0.2, 0.25) is 0 Å². The minimum atomic E-state index is -0.627. The van der Waals surface area contributed by atoms with Gasteiger partial charge in [-0.25, -0.2) is 9.59 Å². The third-order valence-corrected chi connectivity index (χ3v) is 2.15. The molecule has 0 aliphatic carbocycles. The molecule has 1 aromatic rings. The summed E-state index contributed by atoms with van der Waals surface area (Å²) < 4.78 is 9.54. The number of carbonyl (C=O) groups excluding carboxylic acids is 2. The summed E-state index contributed by atoms with van der Waals surface area (Å²) in [6.45, 7) is 5.27. The Labute approximate surface area is 114 Å². The van der Waals surface area contributed by atoms with Gasteiger partial charge in [-0.3, -0.25) is 5.32 Å². The van der Waals surface area contributed by atoms with E-state index >= 15 is 0 Å². The lowest BCUT2D eigenvalue weighted by molar-refractivity contribution is 0.0636. The van der Waals surface area contributed by atoms with E-state index in [1.165, 1.54) is 6.07 Å². The van der Waals surface area contributed by atoms with Crippen molar-refractivity contribution in [3.8, 4) is 0 Å². The highest BCUT2D eigenvalue weighted by Gasteiger charge is 2.19. The molecule has 0 aliphatic rings. The Morgan fingerprint density at radius 3 is 2.39 bits per heavy atom. The molecule has 98 valence electrons. The van der Waals surface area contributed by atoms with Crippen LogP contribution in [0.15, 0.2) is 24.3 Å². The average Bonchev–Trinajstić information content (AvgIpc) is 2.26. The van der Waals surface area contributed by atoms with Gasteiger partial charge >= 0.3 is 12.1 Å². The fourth-order valence-electron chi connectivity index (χ4n) is 1.23. The molecule has 0 aromatic heterocycles. The molecule has 1 amide bonds. The second-order valence-corrected chi connectivity index (χ2v) is 4.86. The highest BCUT2D eigenvalue weighted by molar-refractivity contribution is 9.06. The van der Waals surface area contributed by atoms with Crippen molar-refractivity contribution in [1.29, 1.82) is 0 Å². The number of carbonyl (C=O) groups is 2. The van der Waals surface area contributed by atoms with E-state index in [9.17, 15) is 9.59 Å². The smallest absolute Gasteiger partial charge is 0.412 e. The molecule has 0 spiro atoms. The van der Waals surface area contributed by atoms with Gasteiger partial charge in [0, 0.05) is 0 Å². The largest absolute Gasteiger partial charge is 0.444 e. The summed E-state index contributed by atoms with van der Waals surface area (Å²) in [6.07, 6.45) is -0.627. The number of nitrogens with one attached hydrogen (secondary N) is 1. The number of halogens is 1. The Kier molecular flexibility index (Phi) is 4.72. The standard InChI is InChI=1S/C12H14BrNO4/c1-12(2,3)17-11(16)14-9-7-5-4-6-8(9)10(15)18-13/h4-7H,1-3H3,(H,14,16). The molecule has 6 heteroatoms. The van der Waals surface area contributed by atoms with Crippen LogP contribution in [0.1, 0.15) is 31.1 Å². The molecule has 0 saturated heterocycles. The van der Waals surface area contributed by atoms with Crippen LogP contribution in [0.2, 0.25) is 0 Å². The van der Waals surface area contributed by atoms with Gasteiger partial charge in [-0.05, 0) is 32.9 Å². The Morgan fingerprint density at radius 1 is 1.22 bits per heavy atom. The summed E-state index contributed by atoms with van der Waals surface area (Å²) in [7, 11) is 0. The maximum absolute atomic E-state index is 11.6. The highest BCUT2D eigenvalue weighted by atomic mass is 79.9. The molecule has 0 bridgehead atoms. The van der Waals surface area contributed by atoms with E-state index in [-0.39, 0.29) is 5.56 Å². The monoisotopic (exact) mass is 315 g/mol. The number of ether oxygens (including phenoxy) is 1. The summed E-state index contributed by atoms with van der Waals surface area (Å²) in [5.41, 5.74) is -0.0361. The van der Waals surface area contributed by atoms with Gasteiger partial charge in [-0.1, -0.05) is 12.1 Å². The highest BCUT2D eigenvalue weighted by Crippen LogP contribution is 2.18. The number of hydrogen-bond acceptors (Lipinski definition) is 4. The summed E-state index contributed by atoms with van der Waals surface area (Å²) >= 11 is 2.61. The molecule has 0 saturated carbocycles. The van der Waals surface area contributed by atoms with Crippen molar-refractivity contribution < 1.29 is 18.2 Å². The van der Waals surface area contributed by atoms with E-state index in [0.29, 0.717) is 5.69 Å². The lowest BCUT2D eigenvalue weighted by Gasteiger charge is -2.20. The van der Waals surface area contributed by atoms with Crippen molar-refractivity contribution in [2.24, 2.45) is 0 Å². The quantitative estimate of drug-likeness (QED) is 0.907. The van der Waals surface area contributed by atoms with Gasteiger partial charge in [0.25, 0.3) is 0 Å². The van der Waals surface area contributed by atoms with E-state index in [2.05, 4.69) is 25.4 Å². The Morgan fingerprint density at radius 2 is 1.83 bits per heavy atom. The van der Waals surface area contributed by atoms with Crippen LogP contribution in [0.25, 0.3) is 0 Å². The molecule has 0 radical (unpaired) electrons. The first-order valence-corrected chi connectivity index (χ1v) is 5.90. The first-order chi connectivity index (χ1) is 8.33. The number of benzene rings is 1. The molecule has 1 aromatic carbocycles. The minimum Gasteiger partial charge on any atom is -0.444 e. The van der Waals surface area contributed by atoms with Crippen LogP contribution >= 0.6 is 16.3 Å². The molecule has 1 N–H and O–H groups in total. The van der Waals surface area contributed by atoms with E-state index in [1.54, 1.807) is 39.0 Å². The van der Waals surface area contributed by atoms with Crippen molar-refractivity contribution in [3.63, 3.8) is 0 Å². The van der Waals surface area contributed by atoms with E-state index in [1.807, 2.05) is 0 Å². The predicted octanol–water partition coefficient (Wildman–Crippen LogP) is 3.50. The molecule has 18 heavy (non-hydrogen) atoms. The Hall–Kier alpha value is -1.56. The van der Waals surface area contributed by atoms with Crippen LogP contribution in [0.5, 0.6) is 0 Å². The van der Waals surface area contributed by atoms with Crippen LogP contribution in [-0.2, 0) is 8.57 Å². The summed E-state index contributed by atoms with van der Waals surface area (Å²) in [5, 5.41) is 2.50. The van der Waals surface area contributed by atoms with Crippen LogP contribution in [0.4, 0.5) is 10.5 Å². The van der Waals surface area contributed by atoms with Gasteiger partial charge in [0.15, 0.2) is 16.3 Å². The summed E-state index contributed by atoms with van der Waals surface area (Å²) in [5.74, 6) is -0.596. The lowest BCUT2D eigenvalue weighted by atomic mass is 10.2. The molecule has 0 fully saturated rings. The summed E-state index contributed by atoms with van der Waals surface area (Å²) in [4.78, 5) is 23.0. The second kappa shape index (κ2) is 5.86. The van der Waals surface area contributed by atoms with Crippen LogP contribution in [0.3, 0.4) is 0 Å². The number of amides is 1. The lowest BCUT2D eigenvalue weighted by Crippen LogP contribution is -2.27. The zero-order chi connectivity index (χ0) is 13.8. The number of para-hydroxylation sites is 1. The maximum Gasteiger partial charge on any atom is 0.412 e. The predicted molar refractivity (Wildman–Crippen MR) is 70.6 cm³/mol. The van der Waals surface area contributed by atoms with Crippen molar-refractivity contribution in [2.75, 3.05) is 5.32 Å². The molecular formula is C12H14BrNO4. The van der Waals surface area contributed by atoms with Gasteiger partial charge in [0.05, 0.1) is 11.3 Å². The van der Waals surface area contributed by atoms with Crippen molar-refractivity contribution in [3.05, 3.63) is 29.8 Å². The SMILES string of the molecule is CC(C)(C)OC(=O)Nc1ccccc1C(=O)OBr. The third kappa shape index (κ3) is 4.37. The zero-order valence-electron chi connectivity index (χ0n) is 10.3. The normalized spacial score (nSPS) is 10.7. The molecule has 1 rings (SSSR count). The fourth-order valence-corrected chi connectivity index (χ4v) is 1.40. The average molecular weight is 316 g/mol. The molecule has 5 nitrogen and oxygen atoms in total. The molecule has 0 atom stereocenters. The van der Waals surface area contributed by atoms with Crippen LogP contribution in [0, 0.1) is 0 Å².